The van der Waals surface area contributed by atoms with Gasteiger partial charge in [-0.2, -0.15) is 0 Å². The van der Waals surface area contributed by atoms with Crippen LogP contribution in [0.1, 0.15) is 15.9 Å². The van der Waals surface area contributed by atoms with Crippen molar-refractivity contribution >= 4 is 11.9 Å². The summed E-state index contributed by atoms with van der Waals surface area (Å²) in [5.74, 6) is 0.233. The summed E-state index contributed by atoms with van der Waals surface area (Å²) in [6.07, 6.45) is 2.82. The lowest BCUT2D eigenvalue weighted by molar-refractivity contribution is 0.104. The molecule has 2 N–H and O–H groups in total. The lowest BCUT2D eigenvalue weighted by Crippen LogP contribution is -2.00. The molecule has 0 bridgehead atoms. The number of aromatic hydroxyl groups is 2. The topological polar surface area (TPSA) is 94.5 Å². The van der Waals surface area contributed by atoms with Gasteiger partial charge in [0.1, 0.15) is 0 Å². The molecular formula is C18H16O7. The maximum absolute atomic E-state index is 12.4. The largest absolute Gasteiger partial charge is 0.504 e. The number of hydrogen-bond acceptors (Lipinski definition) is 7. The molecule has 0 aromatic heterocycles. The molecule has 1 heterocycles. The summed E-state index contributed by atoms with van der Waals surface area (Å²) in [4.78, 5) is 12.4. The normalized spacial score (nSPS) is 12.4. The third-order valence-corrected chi connectivity index (χ3v) is 3.69. The lowest BCUT2D eigenvalue weighted by atomic mass is 10.1. The Balaban J connectivity index is 1.89. The molecule has 0 fully saturated rings. The summed E-state index contributed by atoms with van der Waals surface area (Å²) in [7, 11) is 2.76. The van der Waals surface area contributed by atoms with Crippen molar-refractivity contribution < 1.29 is 34.0 Å². The third-order valence-electron chi connectivity index (χ3n) is 3.69. The Morgan fingerprint density at radius 1 is 1.16 bits per heavy atom. The van der Waals surface area contributed by atoms with Crippen LogP contribution < -0.4 is 18.9 Å². The van der Waals surface area contributed by atoms with E-state index in [9.17, 15) is 15.0 Å². The first-order valence-corrected chi connectivity index (χ1v) is 7.34. The second kappa shape index (κ2) is 6.64. The van der Waals surface area contributed by atoms with Gasteiger partial charge in [-0.3, -0.25) is 4.79 Å². The maximum atomic E-state index is 12.4. The van der Waals surface area contributed by atoms with Crippen LogP contribution in [-0.4, -0.2) is 37.0 Å². The molecule has 1 aliphatic heterocycles. The minimum Gasteiger partial charge on any atom is -0.504 e. The van der Waals surface area contributed by atoms with Gasteiger partial charge in [0, 0.05) is 0 Å². The van der Waals surface area contributed by atoms with E-state index in [-0.39, 0.29) is 46.9 Å². The summed E-state index contributed by atoms with van der Waals surface area (Å²) >= 11 is 0. The van der Waals surface area contributed by atoms with Gasteiger partial charge < -0.3 is 29.2 Å². The molecule has 3 rings (SSSR count). The number of fused-ring (bicyclic) bond motifs is 1. The van der Waals surface area contributed by atoms with Crippen LogP contribution in [0.5, 0.6) is 34.5 Å². The fourth-order valence-corrected chi connectivity index (χ4v) is 2.49. The van der Waals surface area contributed by atoms with E-state index in [1.165, 1.54) is 44.6 Å². The summed E-state index contributed by atoms with van der Waals surface area (Å²) < 4.78 is 20.5. The predicted octanol–water partition coefficient (Wildman–Crippen LogP) is 2.74. The summed E-state index contributed by atoms with van der Waals surface area (Å²) in [6, 6.07) is 6.08. The molecule has 2 aromatic rings. The van der Waals surface area contributed by atoms with Crippen LogP contribution in [0.25, 0.3) is 6.08 Å². The van der Waals surface area contributed by atoms with Crippen molar-refractivity contribution in [2.75, 3.05) is 21.0 Å². The molecule has 7 heteroatoms. The Kier molecular flexibility index (Phi) is 4.38. The smallest absolute Gasteiger partial charge is 0.231 e. The van der Waals surface area contributed by atoms with E-state index in [1.807, 2.05) is 0 Å². The van der Waals surface area contributed by atoms with Crippen LogP contribution in [0.15, 0.2) is 30.3 Å². The lowest BCUT2D eigenvalue weighted by Gasteiger charge is -2.11. The van der Waals surface area contributed by atoms with E-state index in [0.29, 0.717) is 11.3 Å². The van der Waals surface area contributed by atoms with Crippen LogP contribution in [0.2, 0.25) is 0 Å². The first-order valence-electron chi connectivity index (χ1n) is 7.34. The first-order chi connectivity index (χ1) is 12.0. The zero-order valence-corrected chi connectivity index (χ0v) is 13.6. The molecule has 0 saturated carbocycles. The number of benzene rings is 2. The molecule has 0 spiro atoms. The molecule has 0 radical (unpaired) electrons. The minimum atomic E-state index is -0.382. The van der Waals surface area contributed by atoms with E-state index < -0.39 is 0 Å². The van der Waals surface area contributed by atoms with Gasteiger partial charge in [-0.15, -0.1) is 0 Å². The molecule has 0 atom stereocenters. The van der Waals surface area contributed by atoms with Crippen LogP contribution in [0.3, 0.4) is 0 Å². The standard InChI is InChI=1S/C18H16O7/c1-22-14-6-4-11(17(23-2)16(14)21)12(19)5-3-10-7-13(20)18-15(8-10)24-9-25-18/h3-8,20-21H,9H2,1-2H3/b5-3+. The van der Waals surface area contributed by atoms with Crippen molar-refractivity contribution in [3.8, 4) is 34.5 Å². The van der Waals surface area contributed by atoms with E-state index >= 15 is 0 Å². The average Bonchev–Trinajstić information content (AvgIpc) is 3.08. The first kappa shape index (κ1) is 16.5. The molecule has 7 nitrogen and oxygen atoms in total. The van der Waals surface area contributed by atoms with Crippen LogP contribution in [-0.2, 0) is 0 Å². The number of phenols is 2. The van der Waals surface area contributed by atoms with Gasteiger partial charge in [0.25, 0.3) is 0 Å². The van der Waals surface area contributed by atoms with Crippen LogP contribution in [0, 0.1) is 0 Å². The highest BCUT2D eigenvalue weighted by molar-refractivity contribution is 6.09. The number of rotatable bonds is 5. The van der Waals surface area contributed by atoms with Crippen LogP contribution >= 0.6 is 0 Å². The maximum Gasteiger partial charge on any atom is 0.231 e. The highest BCUT2D eigenvalue weighted by Gasteiger charge is 2.20. The molecule has 130 valence electrons. The van der Waals surface area contributed by atoms with Crippen molar-refractivity contribution in [3.05, 3.63) is 41.5 Å². The van der Waals surface area contributed by atoms with Gasteiger partial charge in [-0.1, -0.05) is 6.08 Å². The average molecular weight is 344 g/mol. The number of carbonyl (C=O) groups excluding carboxylic acids is 1. The monoisotopic (exact) mass is 344 g/mol. The SMILES string of the molecule is COc1ccc(C(=O)/C=C/c2cc(O)c3c(c2)OCO3)c(OC)c1O. The Morgan fingerprint density at radius 3 is 2.68 bits per heavy atom. The second-order valence-electron chi connectivity index (χ2n) is 5.17. The Labute approximate surface area is 143 Å². The summed E-state index contributed by atoms with van der Waals surface area (Å²) in [5.41, 5.74) is 0.744. The Morgan fingerprint density at radius 2 is 1.96 bits per heavy atom. The number of ketones is 1. The molecule has 0 amide bonds. The van der Waals surface area contributed by atoms with Gasteiger partial charge in [0.05, 0.1) is 19.8 Å². The fourth-order valence-electron chi connectivity index (χ4n) is 2.49. The number of allylic oxidation sites excluding steroid dienone is 1. The number of ether oxygens (including phenoxy) is 4. The number of hydrogen-bond donors (Lipinski definition) is 2. The predicted molar refractivity (Wildman–Crippen MR) is 88.8 cm³/mol. The quantitative estimate of drug-likeness (QED) is 0.636. The summed E-state index contributed by atoms with van der Waals surface area (Å²) in [5, 5.41) is 19.9. The summed E-state index contributed by atoms with van der Waals surface area (Å²) in [6.45, 7) is 0.0390. The van der Waals surface area contributed by atoms with Gasteiger partial charge in [-0.25, -0.2) is 0 Å². The Bertz CT molecular complexity index is 855. The Hall–Kier alpha value is -3.35. The van der Waals surface area contributed by atoms with Crippen molar-refractivity contribution in [1.29, 1.82) is 0 Å². The van der Waals surface area contributed by atoms with Gasteiger partial charge >= 0.3 is 0 Å². The number of carbonyl (C=O) groups is 1. The van der Waals surface area contributed by atoms with Crippen molar-refractivity contribution in [2.45, 2.75) is 0 Å². The zero-order chi connectivity index (χ0) is 18.0. The molecular weight excluding hydrogens is 328 g/mol. The van der Waals surface area contributed by atoms with Gasteiger partial charge in [-0.05, 0) is 35.9 Å². The molecule has 25 heavy (non-hydrogen) atoms. The van der Waals surface area contributed by atoms with Crippen molar-refractivity contribution in [1.82, 2.24) is 0 Å². The highest BCUT2D eigenvalue weighted by atomic mass is 16.7. The molecule has 0 aliphatic carbocycles. The van der Waals surface area contributed by atoms with E-state index in [0.717, 1.165) is 0 Å². The minimum absolute atomic E-state index is 0.0301. The van der Waals surface area contributed by atoms with Gasteiger partial charge in [0.2, 0.25) is 18.3 Å². The zero-order valence-electron chi connectivity index (χ0n) is 13.6. The van der Waals surface area contributed by atoms with E-state index in [4.69, 9.17) is 18.9 Å². The highest BCUT2D eigenvalue weighted by Crippen LogP contribution is 2.42. The molecule has 2 aromatic carbocycles. The van der Waals surface area contributed by atoms with E-state index in [2.05, 4.69) is 0 Å². The third kappa shape index (κ3) is 3.03. The number of methoxy groups -OCH3 is 2. The number of phenolic OH excluding ortho intramolecular Hbond substituents is 2. The molecule has 0 saturated heterocycles. The van der Waals surface area contributed by atoms with E-state index in [1.54, 1.807) is 6.07 Å². The van der Waals surface area contributed by atoms with Crippen molar-refractivity contribution in [2.24, 2.45) is 0 Å². The van der Waals surface area contributed by atoms with Crippen molar-refractivity contribution in [3.63, 3.8) is 0 Å². The second-order valence-corrected chi connectivity index (χ2v) is 5.17. The molecule has 1 aliphatic rings. The molecule has 0 unspecified atom stereocenters. The fraction of sp³-hybridized carbons (Fsp3) is 0.167. The van der Waals surface area contributed by atoms with Gasteiger partial charge in [0.15, 0.2) is 28.8 Å². The van der Waals surface area contributed by atoms with Crippen LogP contribution in [0.4, 0.5) is 0 Å².